The molecule has 0 fully saturated rings. The Morgan fingerprint density at radius 3 is 1.87 bits per heavy atom. The topological polar surface area (TPSA) is 75.1 Å². The number of nitrogens with one attached hydrogen (secondary N) is 1. The van der Waals surface area contributed by atoms with Gasteiger partial charge in [-0.15, -0.1) is 17.5 Å². The first kappa shape index (κ1) is 19.3. The zero-order chi connectivity index (χ0) is 15.8. The largest absolute Gasteiger partial charge is 0.367 e. The van der Waals surface area contributed by atoms with Gasteiger partial charge in [-0.2, -0.15) is 10.2 Å². The highest BCUT2D eigenvalue weighted by molar-refractivity contribution is 9.10. The highest BCUT2D eigenvalue weighted by atomic mass is 79.9. The monoisotopic (exact) mass is 457 g/mol. The lowest BCUT2D eigenvalue weighted by Gasteiger charge is -1.96. The van der Waals surface area contributed by atoms with Crippen LogP contribution in [0.5, 0.6) is 0 Å². The van der Waals surface area contributed by atoms with Crippen molar-refractivity contribution in [2.24, 2.45) is 21.0 Å². The number of hydrazone groups is 1. The summed E-state index contributed by atoms with van der Waals surface area (Å²) in [6.45, 7) is 0. The van der Waals surface area contributed by atoms with Crippen LogP contribution in [0, 0.1) is 0 Å². The zero-order valence-corrected chi connectivity index (χ0v) is 15.8. The maximum atomic E-state index is 5.65. The van der Waals surface area contributed by atoms with Crippen molar-refractivity contribution < 1.29 is 0 Å². The van der Waals surface area contributed by atoms with Gasteiger partial charge in [0.2, 0.25) is 5.96 Å². The highest BCUT2D eigenvalue weighted by Crippen LogP contribution is 2.09. The number of nitrogens with zero attached hydrogens (tertiary/aromatic N) is 3. The molecular weight excluding hydrogens is 445 g/mol. The number of benzene rings is 2. The third-order valence-corrected chi connectivity index (χ3v) is 3.56. The van der Waals surface area contributed by atoms with Gasteiger partial charge in [0.25, 0.3) is 0 Å². The number of hydrogen-bond donors (Lipinski definition) is 2. The molecule has 2 aromatic carbocycles. The minimum atomic E-state index is 0. The molecule has 0 heterocycles. The van der Waals surface area contributed by atoms with Crippen molar-refractivity contribution in [1.29, 1.82) is 0 Å². The Kier molecular flexibility index (Phi) is 8.53. The van der Waals surface area contributed by atoms with E-state index in [1.165, 1.54) is 0 Å². The Morgan fingerprint density at radius 2 is 1.35 bits per heavy atom. The van der Waals surface area contributed by atoms with Gasteiger partial charge in [-0.1, -0.05) is 56.1 Å². The second-order valence-electron chi connectivity index (χ2n) is 4.20. The van der Waals surface area contributed by atoms with Crippen LogP contribution in [-0.2, 0) is 0 Å². The molecule has 120 valence electrons. The summed E-state index contributed by atoms with van der Waals surface area (Å²) in [5.41, 5.74) is 10.1. The maximum Gasteiger partial charge on any atom is 0.234 e. The van der Waals surface area contributed by atoms with Gasteiger partial charge in [0.15, 0.2) is 0 Å². The van der Waals surface area contributed by atoms with Crippen molar-refractivity contribution in [3.05, 3.63) is 68.6 Å². The molecule has 8 heteroatoms. The Bertz CT molecular complexity index is 697. The zero-order valence-electron chi connectivity index (χ0n) is 11.9. The average Bonchev–Trinajstić information content (AvgIpc) is 2.51. The van der Waals surface area contributed by atoms with E-state index in [1.54, 1.807) is 12.4 Å². The standard InChI is InChI=1S/C15H13Br2N5.ClH/c16-13-5-1-11(2-6-13)9-19-21-15(18)22-20-10-12-3-7-14(17)8-4-12;/h1-10H,(H3,18,21,22);1H/b19-9-,20-10-;. The molecule has 0 bridgehead atoms. The molecule has 0 aliphatic heterocycles. The van der Waals surface area contributed by atoms with E-state index >= 15 is 0 Å². The molecule has 3 N–H and O–H groups in total. The minimum Gasteiger partial charge on any atom is -0.367 e. The van der Waals surface area contributed by atoms with Crippen molar-refractivity contribution >= 4 is 62.7 Å². The number of hydrogen-bond acceptors (Lipinski definition) is 3. The van der Waals surface area contributed by atoms with Gasteiger partial charge in [0.05, 0.1) is 12.4 Å². The lowest BCUT2D eigenvalue weighted by atomic mass is 10.2. The fourth-order valence-electron chi connectivity index (χ4n) is 1.45. The lowest BCUT2D eigenvalue weighted by Crippen LogP contribution is -2.26. The van der Waals surface area contributed by atoms with E-state index in [9.17, 15) is 0 Å². The molecule has 0 aromatic heterocycles. The Hall–Kier alpha value is -1.70. The van der Waals surface area contributed by atoms with Crippen LogP contribution in [0.4, 0.5) is 0 Å². The molecule has 0 atom stereocenters. The summed E-state index contributed by atoms with van der Waals surface area (Å²) in [5, 5.41) is 11.7. The Labute approximate surface area is 157 Å². The quantitative estimate of drug-likeness (QED) is 0.413. The average molecular weight is 460 g/mol. The Morgan fingerprint density at radius 1 is 0.870 bits per heavy atom. The van der Waals surface area contributed by atoms with Crippen molar-refractivity contribution in [2.45, 2.75) is 0 Å². The highest BCUT2D eigenvalue weighted by Gasteiger charge is 1.90. The van der Waals surface area contributed by atoms with E-state index in [4.69, 9.17) is 5.73 Å². The van der Waals surface area contributed by atoms with Crippen molar-refractivity contribution in [1.82, 2.24) is 5.43 Å². The van der Waals surface area contributed by atoms with E-state index < -0.39 is 0 Å². The molecule has 0 unspecified atom stereocenters. The lowest BCUT2D eigenvalue weighted by molar-refractivity contribution is 0.994. The van der Waals surface area contributed by atoms with Crippen LogP contribution < -0.4 is 11.2 Å². The van der Waals surface area contributed by atoms with Crippen LogP contribution in [-0.4, -0.2) is 18.4 Å². The van der Waals surface area contributed by atoms with Gasteiger partial charge in [-0.05, 0) is 35.4 Å². The Balaban J connectivity index is 0.00000264. The summed E-state index contributed by atoms with van der Waals surface area (Å²) >= 11 is 6.74. The van der Waals surface area contributed by atoms with Crippen molar-refractivity contribution in [3.63, 3.8) is 0 Å². The van der Waals surface area contributed by atoms with Gasteiger partial charge in [0, 0.05) is 8.95 Å². The van der Waals surface area contributed by atoms with E-state index in [2.05, 4.69) is 52.6 Å². The molecule has 0 spiro atoms. The molecule has 2 aromatic rings. The summed E-state index contributed by atoms with van der Waals surface area (Å²) in [6.07, 6.45) is 3.26. The molecule has 0 radical (unpaired) electrons. The van der Waals surface area contributed by atoms with E-state index in [0.717, 1.165) is 20.1 Å². The second kappa shape index (κ2) is 10.1. The molecule has 0 saturated carbocycles. The first-order valence-electron chi connectivity index (χ1n) is 6.30. The molecule has 0 aliphatic carbocycles. The van der Waals surface area contributed by atoms with Crippen molar-refractivity contribution in [3.8, 4) is 0 Å². The number of halogens is 3. The molecule has 5 nitrogen and oxygen atoms in total. The predicted octanol–water partition coefficient (Wildman–Crippen LogP) is 3.91. The van der Waals surface area contributed by atoms with E-state index in [-0.39, 0.29) is 18.4 Å². The molecule has 0 aliphatic rings. The van der Waals surface area contributed by atoms with Gasteiger partial charge >= 0.3 is 0 Å². The molecule has 23 heavy (non-hydrogen) atoms. The van der Waals surface area contributed by atoms with Crippen LogP contribution >= 0.6 is 44.3 Å². The van der Waals surface area contributed by atoms with E-state index in [1.807, 2.05) is 48.5 Å². The van der Waals surface area contributed by atoms with Crippen molar-refractivity contribution in [2.75, 3.05) is 0 Å². The third-order valence-electron chi connectivity index (χ3n) is 2.51. The second-order valence-corrected chi connectivity index (χ2v) is 6.03. The van der Waals surface area contributed by atoms with Crippen LogP contribution in [0.25, 0.3) is 0 Å². The van der Waals surface area contributed by atoms with Gasteiger partial charge in [-0.25, -0.2) is 5.43 Å². The maximum absolute atomic E-state index is 5.65. The smallest absolute Gasteiger partial charge is 0.234 e. The minimum absolute atomic E-state index is 0. The van der Waals surface area contributed by atoms with Gasteiger partial charge in [-0.3, -0.25) is 0 Å². The summed E-state index contributed by atoms with van der Waals surface area (Å²) in [7, 11) is 0. The fraction of sp³-hybridized carbons (Fsp3) is 0. The SMILES string of the molecule is Cl.NC(=N/N=C\c1ccc(Br)cc1)N/N=C\c1ccc(Br)cc1. The van der Waals surface area contributed by atoms with Gasteiger partial charge < -0.3 is 5.73 Å². The molecule has 2 rings (SSSR count). The summed E-state index contributed by atoms with van der Waals surface area (Å²) < 4.78 is 2.03. The summed E-state index contributed by atoms with van der Waals surface area (Å²) in [5.74, 6) is 0.113. The molecule has 0 saturated heterocycles. The number of nitrogens with two attached hydrogens (primary N) is 1. The molecular formula is C15H14Br2ClN5. The van der Waals surface area contributed by atoms with Crippen LogP contribution in [0.2, 0.25) is 0 Å². The third kappa shape index (κ3) is 7.40. The first-order chi connectivity index (χ1) is 10.6. The van der Waals surface area contributed by atoms with E-state index in [0.29, 0.717) is 0 Å². The summed E-state index contributed by atoms with van der Waals surface area (Å²) in [4.78, 5) is 0. The predicted molar refractivity (Wildman–Crippen MR) is 105 cm³/mol. The van der Waals surface area contributed by atoms with Gasteiger partial charge in [0.1, 0.15) is 0 Å². The normalized spacial score (nSPS) is 11.7. The van der Waals surface area contributed by atoms with Crippen LogP contribution in [0.1, 0.15) is 11.1 Å². The first-order valence-corrected chi connectivity index (χ1v) is 7.89. The summed E-state index contributed by atoms with van der Waals surface area (Å²) in [6, 6.07) is 15.4. The van der Waals surface area contributed by atoms with Crippen LogP contribution in [0.3, 0.4) is 0 Å². The number of guanidine groups is 1. The molecule has 0 amide bonds. The fourth-order valence-corrected chi connectivity index (χ4v) is 1.98. The number of rotatable bonds is 4. The van der Waals surface area contributed by atoms with Crippen LogP contribution in [0.15, 0.2) is 72.8 Å².